The monoisotopic (exact) mass is 343 g/mol. The highest BCUT2D eigenvalue weighted by Crippen LogP contribution is 2.24. The van der Waals surface area contributed by atoms with E-state index in [-0.39, 0.29) is 5.69 Å². The maximum Gasteiger partial charge on any atom is 0.269 e. The van der Waals surface area contributed by atoms with Gasteiger partial charge in [-0.15, -0.1) is 0 Å². The Balaban J connectivity index is 2.02. The van der Waals surface area contributed by atoms with Gasteiger partial charge in [0.05, 0.1) is 16.6 Å². The van der Waals surface area contributed by atoms with Crippen LogP contribution in [-0.2, 0) is 0 Å². The number of benzene rings is 2. The third-order valence-corrected chi connectivity index (χ3v) is 4.19. The molecule has 0 spiro atoms. The zero-order chi connectivity index (χ0) is 18.7. The molecular weight excluding hydrogens is 326 g/mol. The number of nitro groups is 1. The average Bonchev–Trinajstić information content (AvgIpc) is 3.07. The van der Waals surface area contributed by atoms with Gasteiger partial charge in [-0.05, 0) is 61.4 Å². The Morgan fingerprint density at radius 3 is 2.50 bits per heavy atom. The van der Waals surface area contributed by atoms with Gasteiger partial charge in [-0.2, -0.15) is 5.26 Å². The van der Waals surface area contributed by atoms with E-state index < -0.39 is 4.92 Å². The third-order valence-electron chi connectivity index (χ3n) is 4.19. The van der Waals surface area contributed by atoms with E-state index >= 15 is 0 Å². The predicted molar refractivity (Wildman–Crippen MR) is 102 cm³/mol. The zero-order valence-corrected chi connectivity index (χ0v) is 14.5. The molecule has 2 aromatic carbocycles. The van der Waals surface area contributed by atoms with Gasteiger partial charge in [0.25, 0.3) is 5.69 Å². The van der Waals surface area contributed by atoms with E-state index in [2.05, 4.69) is 38.1 Å². The molecular formula is C21H17N3O2. The van der Waals surface area contributed by atoms with Crippen molar-refractivity contribution in [1.82, 2.24) is 4.57 Å². The number of nitrogens with zero attached hydrogens (tertiary/aromatic N) is 3. The maximum absolute atomic E-state index is 10.8. The van der Waals surface area contributed by atoms with E-state index in [9.17, 15) is 15.4 Å². The van der Waals surface area contributed by atoms with Gasteiger partial charge >= 0.3 is 0 Å². The van der Waals surface area contributed by atoms with Crippen LogP contribution in [-0.4, -0.2) is 9.49 Å². The van der Waals surface area contributed by atoms with Crippen LogP contribution in [0.25, 0.3) is 17.3 Å². The lowest BCUT2D eigenvalue weighted by Gasteiger charge is -2.11. The molecule has 0 saturated heterocycles. The Hall–Kier alpha value is -3.65. The molecule has 5 heteroatoms. The van der Waals surface area contributed by atoms with E-state index in [1.807, 2.05) is 22.9 Å². The summed E-state index contributed by atoms with van der Waals surface area (Å²) >= 11 is 0. The lowest BCUT2D eigenvalue weighted by molar-refractivity contribution is -0.384. The molecule has 0 N–H and O–H groups in total. The minimum atomic E-state index is -0.454. The second-order valence-corrected chi connectivity index (χ2v) is 6.07. The summed E-state index contributed by atoms with van der Waals surface area (Å²) in [6, 6.07) is 18.3. The highest BCUT2D eigenvalue weighted by molar-refractivity contribution is 5.89. The van der Waals surface area contributed by atoms with Crippen LogP contribution in [0.3, 0.4) is 0 Å². The minimum absolute atomic E-state index is 0.00435. The van der Waals surface area contributed by atoms with Crippen LogP contribution in [0.1, 0.15) is 22.4 Å². The molecule has 26 heavy (non-hydrogen) atoms. The lowest BCUT2D eigenvalue weighted by atomic mass is 10.1. The first-order valence-electron chi connectivity index (χ1n) is 8.11. The summed E-state index contributed by atoms with van der Waals surface area (Å²) in [7, 11) is 0. The van der Waals surface area contributed by atoms with E-state index in [4.69, 9.17) is 0 Å². The van der Waals surface area contributed by atoms with Gasteiger partial charge in [-0.25, -0.2) is 0 Å². The molecule has 128 valence electrons. The molecule has 0 aliphatic heterocycles. The highest BCUT2D eigenvalue weighted by Gasteiger charge is 2.09. The van der Waals surface area contributed by atoms with Crippen molar-refractivity contribution in [2.75, 3.05) is 0 Å². The molecule has 0 saturated carbocycles. The Bertz CT molecular complexity index is 1040. The maximum atomic E-state index is 10.8. The van der Waals surface area contributed by atoms with Crippen molar-refractivity contribution < 1.29 is 4.92 Å². The van der Waals surface area contributed by atoms with Crippen molar-refractivity contribution in [3.8, 4) is 11.8 Å². The van der Waals surface area contributed by atoms with Gasteiger partial charge in [0.2, 0.25) is 0 Å². The van der Waals surface area contributed by atoms with Gasteiger partial charge in [-0.3, -0.25) is 10.1 Å². The van der Waals surface area contributed by atoms with Crippen LogP contribution in [0.5, 0.6) is 0 Å². The molecule has 0 unspecified atom stereocenters. The summed E-state index contributed by atoms with van der Waals surface area (Å²) in [6.45, 7) is 4.10. The van der Waals surface area contributed by atoms with Crippen LogP contribution in [0.15, 0.2) is 60.8 Å². The third kappa shape index (κ3) is 3.40. The normalized spacial score (nSPS) is 11.2. The SMILES string of the molecule is Cc1ccc(-n2cccc2/C=C(/C#N)c2ccc([N+](=O)[O-])cc2)c(C)c1. The minimum Gasteiger partial charge on any atom is -0.317 e. The Kier molecular flexibility index (Phi) is 4.68. The quantitative estimate of drug-likeness (QED) is 0.377. The molecule has 5 nitrogen and oxygen atoms in total. The molecule has 1 aromatic heterocycles. The van der Waals surface area contributed by atoms with Crippen molar-refractivity contribution >= 4 is 17.3 Å². The Morgan fingerprint density at radius 2 is 1.88 bits per heavy atom. The predicted octanol–water partition coefficient (Wildman–Crippen LogP) is 5.07. The Labute approximate surface area is 151 Å². The highest BCUT2D eigenvalue weighted by atomic mass is 16.6. The fraction of sp³-hybridized carbons (Fsp3) is 0.0952. The van der Waals surface area contributed by atoms with Crippen LogP contribution in [0.4, 0.5) is 5.69 Å². The van der Waals surface area contributed by atoms with Crippen molar-refractivity contribution in [1.29, 1.82) is 5.26 Å². The van der Waals surface area contributed by atoms with Gasteiger partial charge in [0.1, 0.15) is 0 Å². The summed E-state index contributed by atoms with van der Waals surface area (Å²) < 4.78 is 2.03. The van der Waals surface area contributed by atoms with Crippen LogP contribution in [0, 0.1) is 35.3 Å². The molecule has 1 heterocycles. The van der Waals surface area contributed by atoms with Crippen LogP contribution >= 0.6 is 0 Å². The zero-order valence-electron chi connectivity index (χ0n) is 14.5. The number of aryl methyl sites for hydroxylation is 2. The Morgan fingerprint density at radius 1 is 1.15 bits per heavy atom. The first kappa shape index (κ1) is 17.2. The van der Waals surface area contributed by atoms with E-state index in [0.717, 1.165) is 16.9 Å². The molecule has 0 radical (unpaired) electrons. The molecule has 0 aliphatic rings. The molecule has 0 aliphatic carbocycles. The number of aromatic nitrogens is 1. The number of nitro benzene ring substituents is 1. The molecule has 3 aromatic rings. The topological polar surface area (TPSA) is 71.9 Å². The number of hydrogen-bond acceptors (Lipinski definition) is 3. The van der Waals surface area contributed by atoms with Gasteiger partial charge < -0.3 is 4.57 Å². The smallest absolute Gasteiger partial charge is 0.269 e. The largest absolute Gasteiger partial charge is 0.317 e. The first-order valence-corrected chi connectivity index (χ1v) is 8.11. The number of rotatable bonds is 4. The van der Waals surface area contributed by atoms with Crippen molar-refractivity contribution in [2.24, 2.45) is 0 Å². The van der Waals surface area contributed by atoms with Gasteiger partial charge in [0, 0.05) is 29.7 Å². The summed E-state index contributed by atoms with van der Waals surface area (Å²) in [5.74, 6) is 0. The van der Waals surface area contributed by atoms with Crippen LogP contribution in [0.2, 0.25) is 0 Å². The van der Waals surface area contributed by atoms with Crippen molar-refractivity contribution in [3.63, 3.8) is 0 Å². The van der Waals surface area contributed by atoms with E-state index in [0.29, 0.717) is 11.1 Å². The number of allylic oxidation sites excluding steroid dienone is 1. The first-order chi connectivity index (χ1) is 12.5. The molecule has 0 atom stereocenters. The average molecular weight is 343 g/mol. The molecule has 3 rings (SSSR count). The number of hydrogen-bond donors (Lipinski definition) is 0. The number of nitriles is 1. The second kappa shape index (κ2) is 7.08. The summed E-state index contributed by atoms with van der Waals surface area (Å²) in [5.41, 5.74) is 5.35. The molecule has 0 bridgehead atoms. The molecule has 0 fully saturated rings. The standard InChI is InChI=1S/C21H17N3O2/c1-15-5-10-21(16(2)12-15)23-11-3-4-20(23)13-18(14-22)17-6-8-19(9-7-17)24(25)26/h3-13H,1-2H3/b18-13-. The summed E-state index contributed by atoms with van der Waals surface area (Å²) in [6.07, 6.45) is 3.74. The molecule has 0 amide bonds. The number of non-ortho nitro benzene ring substituents is 1. The fourth-order valence-corrected chi connectivity index (χ4v) is 2.90. The van der Waals surface area contributed by atoms with Crippen molar-refractivity contribution in [3.05, 3.63) is 93.3 Å². The van der Waals surface area contributed by atoms with Gasteiger partial charge in [0.15, 0.2) is 0 Å². The lowest BCUT2D eigenvalue weighted by Crippen LogP contribution is -1.98. The van der Waals surface area contributed by atoms with Gasteiger partial charge in [-0.1, -0.05) is 17.7 Å². The van der Waals surface area contributed by atoms with Crippen molar-refractivity contribution in [2.45, 2.75) is 13.8 Å². The van der Waals surface area contributed by atoms with E-state index in [1.165, 1.54) is 17.7 Å². The fourth-order valence-electron chi connectivity index (χ4n) is 2.90. The van der Waals surface area contributed by atoms with Crippen LogP contribution < -0.4 is 0 Å². The van der Waals surface area contributed by atoms with E-state index in [1.54, 1.807) is 18.2 Å². The summed E-state index contributed by atoms with van der Waals surface area (Å²) in [5, 5.41) is 20.3. The summed E-state index contributed by atoms with van der Waals surface area (Å²) in [4.78, 5) is 10.3. The second-order valence-electron chi connectivity index (χ2n) is 6.07.